The van der Waals surface area contributed by atoms with Gasteiger partial charge >= 0.3 is 5.97 Å². The van der Waals surface area contributed by atoms with Crippen LogP contribution in [0.4, 0.5) is 0 Å². The van der Waals surface area contributed by atoms with Crippen LogP contribution in [0.25, 0.3) is 11.5 Å². The van der Waals surface area contributed by atoms with Gasteiger partial charge in [0.1, 0.15) is 11.8 Å². The van der Waals surface area contributed by atoms with E-state index >= 15 is 0 Å². The zero-order chi connectivity index (χ0) is 22.3. The van der Waals surface area contributed by atoms with Crippen LogP contribution in [-0.4, -0.2) is 47.2 Å². The van der Waals surface area contributed by atoms with E-state index in [0.29, 0.717) is 11.8 Å². The first-order valence-corrected chi connectivity index (χ1v) is 11.6. The van der Waals surface area contributed by atoms with Gasteiger partial charge in [-0.3, -0.25) is 0 Å². The number of oxazole rings is 1. The molecule has 2 aromatic heterocycles. The molecule has 6 heteroatoms. The van der Waals surface area contributed by atoms with Crippen LogP contribution >= 0.6 is 0 Å². The molecule has 0 saturated carbocycles. The molecule has 0 aliphatic carbocycles. The van der Waals surface area contributed by atoms with Crippen LogP contribution in [0.15, 0.2) is 59.3 Å². The second-order valence-electron chi connectivity index (χ2n) is 8.68. The second kappa shape index (κ2) is 10.6. The Morgan fingerprint density at radius 2 is 1.88 bits per heavy atom. The Morgan fingerprint density at radius 1 is 1.16 bits per heavy atom. The summed E-state index contributed by atoms with van der Waals surface area (Å²) in [5.74, 6) is 2.02. The van der Waals surface area contributed by atoms with E-state index in [4.69, 9.17) is 14.1 Å². The molecule has 1 aliphatic heterocycles. The van der Waals surface area contributed by atoms with E-state index in [1.54, 1.807) is 0 Å². The molecule has 0 radical (unpaired) electrons. The first kappa shape index (κ1) is 22.3. The number of benzene rings is 1. The average Bonchev–Trinajstić information content (AvgIpc) is 3.49. The van der Waals surface area contributed by atoms with Crippen LogP contribution < -0.4 is 0 Å². The Hall–Kier alpha value is -2.86. The predicted molar refractivity (Wildman–Crippen MR) is 124 cm³/mol. The lowest BCUT2D eigenvalue weighted by molar-refractivity contribution is -0.145. The van der Waals surface area contributed by atoms with Crippen molar-refractivity contribution in [2.24, 2.45) is 5.92 Å². The highest BCUT2D eigenvalue weighted by molar-refractivity contribution is 5.74. The third kappa shape index (κ3) is 5.49. The number of esters is 1. The molecular weight excluding hydrogens is 402 g/mol. The third-order valence-corrected chi connectivity index (χ3v) is 6.53. The number of piperidine rings is 1. The molecule has 1 fully saturated rings. The number of likely N-dealkylation sites (tertiary alicyclic amines) is 1. The largest absolute Gasteiger partial charge is 0.467 e. The maximum absolute atomic E-state index is 12.3. The zero-order valence-electron chi connectivity index (χ0n) is 19.1. The highest BCUT2D eigenvalue weighted by atomic mass is 16.5. The number of nitrogens with zero attached hydrogens (tertiary/aromatic N) is 3. The molecule has 0 bridgehead atoms. The molecule has 1 aromatic carbocycles. The smallest absolute Gasteiger partial charge is 0.328 e. The van der Waals surface area contributed by atoms with Gasteiger partial charge in [-0.2, -0.15) is 0 Å². The third-order valence-electron chi connectivity index (χ3n) is 6.53. The van der Waals surface area contributed by atoms with Gasteiger partial charge in [0.25, 0.3) is 0 Å². The van der Waals surface area contributed by atoms with Gasteiger partial charge in [0.2, 0.25) is 5.89 Å². The van der Waals surface area contributed by atoms with Crippen LogP contribution in [0.5, 0.6) is 0 Å². The number of hydrogen-bond acceptors (Lipinski definition) is 5. The number of methoxy groups -OCH3 is 1. The lowest BCUT2D eigenvalue weighted by Gasteiger charge is -2.33. The molecule has 0 N–H and O–H groups in total. The van der Waals surface area contributed by atoms with E-state index in [0.717, 1.165) is 68.8 Å². The number of aromatic nitrogens is 2. The Kier molecular flexibility index (Phi) is 7.43. The monoisotopic (exact) mass is 435 g/mol. The molecule has 1 aliphatic rings. The summed E-state index contributed by atoms with van der Waals surface area (Å²) in [6.45, 7) is 5.23. The molecule has 0 amide bonds. The molecule has 1 atom stereocenters. The van der Waals surface area contributed by atoms with Crippen molar-refractivity contribution in [3.63, 3.8) is 0 Å². The number of carbonyl (C=O) groups is 1. The van der Waals surface area contributed by atoms with E-state index in [-0.39, 0.29) is 12.0 Å². The number of aryl methyl sites for hydroxylation is 2. The quantitative estimate of drug-likeness (QED) is 0.448. The van der Waals surface area contributed by atoms with Crippen molar-refractivity contribution in [2.45, 2.75) is 45.1 Å². The molecule has 6 nitrogen and oxygen atoms in total. The summed E-state index contributed by atoms with van der Waals surface area (Å²) in [6.07, 6.45) is 8.99. The van der Waals surface area contributed by atoms with Gasteiger partial charge in [-0.1, -0.05) is 18.2 Å². The number of carbonyl (C=O) groups excluding carboxylic acids is 1. The molecule has 0 unspecified atom stereocenters. The van der Waals surface area contributed by atoms with Crippen molar-refractivity contribution in [1.82, 2.24) is 14.5 Å². The van der Waals surface area contributed by atoms with Gasteiger partial charge < -0.3 is 18.6 Å². The van der Waals surface area contributed by atoms with Gasteiger partial charge in [0, 0.05) is 18.0 Å². The Labute approximate surface area is 190 Å². The first-order chi connectivity index (χ1) is 15.6. The van der Waals surface area contributed by atoms with Crippen LogP contribution in [0, 0.1) is 12.8 Å². The highest BCUT2D eigenvalue weighted by Crippen LogP contribution is 2.28. The van der Waals surface area contributed by atoms with Crippen molar-refractivity contribution in [3.8, 4) is 11.5 Å². The first-order valence-electron chi connectivity index (χ1n) is 11.6. The fraction of sp³-hybridized carbons (Fsp3) is 0.462. The Balaban J connectivity index is 1.23. The van der Waals surface area contributed by atoms with Gasteiger partial charge in [0.15, 0.2) is 0 Å². The van der Waals surface area contributed by atoms with Crippen molar-refractivity contribution < 1.29 is 13.9 Å². The molecular formula is C26H33N3O3. The molecule has 170 valence electrons. The van der Waals surface area contributed by atoms with Crippen molar-refractivity contribution in [2.75, 3.05) is 26.7 Å². The fourth-order valence-electron chi connectivity index (χ4n) is 4.63. The van der Waals surface area contributed by atoms with Crippen LogP contribution in [0.3, 0.4) is 0 Å². The summed E-state index contributed by atoms with van der Waals surface area (Å²) in [5, 5.41) is 0. The minimum atomic E-state index is -0.222. The summed E-state index contributed by atoms with van der Waals surface area (Å²) in [7, 11) is 1.47. The maximum atomic E-state index is 12.3. The number of hydrogen-bond donors (Lipinski definition) is 0. The van der Waals surface area contributed by atoms with E-state index < -0.39 is 0 Å². The molecule has 32 heavy (non-hydrogen) atoms. The molecule has 4 rings (SSSR count). The average molecular weight is 436 g/mol. The summed E-state index contributed by atoms with van der Waals surface area (Å²) in [5.41, 5.74) is 2.08. The summed E-state index contributed by atoms with van der Waals surface area (Å²) < 4.78 is 12.9. The van der Waals surface area contributed by atoms with E-state index in [2.05, 4.69) is 4.90 Å². The second-order valence-corrected chi connectivity index (χ2v) is 8.68. The Bertz CT molecular complexity index is 973. The lowest BCUT2D eigenvalue weighted by atomic mass is 9.90. The fourth-order valence-corrected chi connectivity index (χ4v) is 4.63. The van der Waals surface area contributed by atoms with Gasteiger partial charge in [-0.25, -0.2) is 9.78 Å². The van der Waals surface area contributed by atoms with E-state index in [1.165, 1.54) is 7.11 Å². The zero-order valence-corrected chi connectivity index (χ0v) is 19.1. The van der Waals surface area contributed by atoms with Gasteiger partial charge in [-0.05, 0) is 88.8 Å². The van der Waals surface area contributed by atoms with Crippen LogP contribution in [0.2, 0.25) is 0 Å². The van der Waals surface area contributed by atoms with E-state index in [1.807, 2.05) is 66.3 Å². The van der Waals surface area contributed by atoms with E-state index in [9.17, 15) is 4.79 Å². The van der Waals surface area contributed by atoms with Gasteiger partial charge in [0.05, 0.1) is 12.8 Å². The topological polar surface area (TPSA) is 60.5 Å². The summed E-state index contributed by atoms with van der Waals surface area (Å²) in [4.78, 5) is 19.5. The number of rotatable bonds is 9. The number of ether oxygens (including phenoxy) is 1. The summed E-state index contributed by atoms with van der Waals surface area (Å²) >= 11 is 0. The minimum absolute atomic E-state index is 0.151. The normalized spacial score (nSPS) is 16.2. The standard InChI is InChI=1S/C26H33N3O3/c1-20-23(27-25(32-20)22-9-4-3-5-10-22)11-8-14-28-17-12-21(13-18-28)19-24(26(30)31-2)29-15-6-7-16-29/h3-7,9-10,15-16,21,24H,8,11-14,17-19H2,1-2H3/t24-/m0/s1. The van der Waals surface area contributed by atoms with Crippen molar-refractivity contribution in [3.05, 3.63) is 66.3 Å². The van der Waals surface area contributed by atoms with Crippen molar-refractivity contribution in [1.29, 1.82) is 0 Å². The van der Waals surface area contributed by atoms with Crippen LogP contribution in [-0.2, 0) is 16.0 Å². The molecule has 1 saturated heterocycles. The summed E-state index contributed by atoms with van der Waals surface area (Å²) in [6, 6.07) is 13.8. The Morgan fingerprint density at radius 3 is 2.56 bits per heavy atom. The molecule has 3 heterocycles. The van der Waals surface area contributed by atoms with Crippen molar-refractivity contribution >= 4 is 5.97 Å². The van der Waals surface area contributed by atoms with Gasteiger partial charge in [-0.15, -0.1) is 0 Å². The molecule has 0 spiro atoms. The SMILES string of the molecule is COC(=O)[C@H](CC1CCN(CCCc2nc(-c3ccccc3)oc2C)CC1)n1cccc1. The predicted octanol–water partition coefficient (Wildman–Crippen LogP) is 4.90. The minimum Gasteiger partial charge on any atom is -0.467 e. The highest BCUT2D eigenvalue weighted by Gasteiger charge is 2.27. The maximum Gasteiger partial charge on any atom is 0.328 e. The lowest BCUT2D eigenvalue weighted by Crippen LogP contribution is -2.36. The van der Waals surface area contributed by atoms with Crippen LogP contribution in [0.1, 0.15) is 43.2 Å². The molecule has 3 aromatic rings.